The van der Waals surface area contributed by atoms with Crippen molar-refractivity contribution in [1.29, 1.82) is 0 Å². The molecular weight excluding hydrogens is 301 g/mol. The van der Waals surface area contributed by atoms with Crippen molar-refractivity contribution >= 4 is 12.0 Å². The Balaban J connectivity index is 2.26. The number of ether oxygens (including phenoxy) is 1. The van der Waals surface area contributed by atoms with Crippen molar-refractivity contribution in [2.45, 2.75) is 64.3 Å². The van der Waals surface area contributed by atoms with Crippen molar-refractivity contribution in [3.05, 3.63) is 0 Å². The molecule has 0 saturated heterocycles. The van der Waals surface area contributed by atoms with Gasteiger partial charge in [0, 0.05) is 12.6 Å². The van der Waals surface area contributed by atoms with Gasteiger partial charge in [-0.05, 0) is 52.4 Å². The van der Waals surface area contributed by atoms with Crippen LogP contribution in [0.15, 0.2) is 0 Å². The lowest BCUT2D eigenvalue weighted by atomic mass is 9.86. The summed E-state index contributed by atoms with van der Waals surface area (Å²) in [6.07, 6.45) is -2.70. The monoisotopic (exact) mass is 324 g/mol. The Morgan fingerprint density at radius 1 is 1.09 bits per heavy atom. The van der Waals surface area contributed by atoms with E-state index in [9.17, 15) is 22.8 Å². The fourth-order valence-electron chi connectivity index (χ4n) is 2.32. The fraction of sp³-hybridized carbons (Fsp3) is 0.857. The van der Waals surface area contributed by atoms with Crippen LogP contribution in [0.5, 0.6) is 0 Å². The molecule has 22 heavy (non-hydrogen) atoms. The first-order chi connectivity index (χ1) is 9.97. The maximum Gasteiger partial charge on any atom is 0.471 e. The van der Waals surface area contributed by atoms with E-state index in [4.69, 9.17) is 4.74 Å². The molecule has 0 bridgehead atoms. The molecular formula is C14H23F3N2O3. The predicted octanol–water partition coefficient (Wildman–Crippen LogP) is 2.75. The van der Waals surface area contributed by atoms with Crippen molar-refractivity contribution < 1.29 is 27.5 Å². The second kappa shape index (κ2) is 7.19. The molecule has 1 fully saturated rings. The summed E-state index contributed by atoms with van der Waals surface area (Å²) in [6, 6.07) is -0.0376. The third-order valence-corrected chi connectivity index (χ3v) is 3.38. The lowest BCUT2D eigenvalue weighted by Gasteiger charge is -2.30. The summed E-state index contributed by atoms with van der Waals surface area (Å²) < 4.78 is 41.4. The van der Waals surface area contributed by atoms with E-state index >= 15 is 0 Å². The van der Waals surface area contributed by atoms with Crippen LogP contribution in [0.1, 0.15) is 46.5 Å². The topological polar surface area (TPSA) is 67.4 Å². The summed E-state index contributed by atoms with van der Waals surface area (Å²) in [5.74, 6) is -1.90. The Kier molecular flexibility index (Phi) is 6.08. The molecule has 0 atom stereocenters. The second-order valence-corrected chi connectivity index (χ2v) is 6.57. The number of rotatable bonds is 3. The third-order valence-electron chi connectivity index (χ3n) is 3.38. The Hall–Kier alpha value is -1.47. The average molecular weight is 324 g/mol. The zero-order valence-electron chi connectivity index (χ0n) is 13.0. The molecule has 128 valence electrons. The van der Waals surface area contributed by atoms with Crippen molar-refractivity contribution in [3.63, 3.8) is 0 Å². The first kappa shape index (κ1) is 18.6. The molecule has 2 N–H and O–H groups in total. The lowest BCUT2D eigenvalue weighted by molar-refractivity contribution is -0.173. The third kappa shape index (κ3) is 7.00. The molecule has 1 aliphatic rings. The quantitative estimate of drug-likeness (QED) is 0.839. The normalized spacial score (nSPS) is 22.8. The summed E-state index contributed by atoms with van der Waals surface area (Å²) in [4.78, 5) is 22.4. The number of nitrogens with one attached hydrogen (secondary N) is 2. The van der Waals surface area contributed by atoms with E-state index in [0.717, 1.165) is 0 Å². The summed E-state index contributed by atoms with van der Waals surface area (Å²) in [6.45, 7) is 5.32. The second-order valence-electron chi connectivity index (χ2n) is 6.57. The first-order valence-corrected chi connectivity index (χ1v) is 7.32. The zero-order chi connectivity index (χ0) is 17.0. The molecule has 5 nitrogen and oxygen atoms in total. The molecule has 0 aromatic heterocycles. The highest BCUT2D eigenvalue weighted by Gasteiger charge is 2.38. The minimum Gasteiger partial charge on any atom is -0.444 e. The van der Waals surface area contributed by atoms with Crippen LogP contribution in [-0.4, -0.2) is 36.4 Å². The van der Waals surface area contributed by atoms with Crippen molar-refractivity contribution in [2.24, 2.45) is 5.92 Å². The molecule has 1 saturated carbocycles. The number of amides is 2. The van der Waals surface area contributed by atoms with Crippen LogP contribution in [0.4, 0.5) is 18.0 Å². The molecule has 0 radical (unpaired) electrons. The molecule has 0 unspecified atom stereocenters. The molecule has 0 aromatic carbocycles. The molecule has 2 amide bonds. The Morgan fingerprint density at radius 3 is 2.09 bits per heavy atom. The van der Waals surface area contributed by atoms with E-state index in [0.29, 0.717) is 25.7 Å². The first-order valence-electron chi connectivity index (χ1n) is 7.32. The van der Waals surface area contributed by atoms with Gasteiger partial charge in [0.05, 0.1) is 0 Å². The zero-order valence-corrected chi connectivity index (χ0v) is 13.0. The van der Waals surface area contributed by atoms with Gasteiger partial charge in [0.1, 0.15) is 5.60 Å². The Labute approximate surface area is 128 Å². The van der Waals surface area contributed by atoms with E-state index < -0.39 is 23.8 Å². The van der Waals surface area contributed by atoms with Crippen LogP contribution in [0, 0.1) is 5.92 Å². The van der Waals surface area contributed by atoms with Gasteiger partial charge in [-0.3, -0.25) is 4.79 Å². The highest BCUT2D eigenvalue weighted by molar-refractivity contribution is 5.81. The van der Waals surface area contributed by atoms with Crippen molar-refractivity contribution in [2.75, 3.05) is 6.54 Å². The van der Waals surface area contributed by atoms with Crippen LogP contribution in [0.25, 0.3) is 0 Å². The van der Waals surface area contributed by atoms with Gasteiger partial charge in [-0.15, -0.1) is 0 Å². The van der Waals surface area contributed by atoms with Crippen LogP contribution >= 0.6 is 0 Å². The minimum atomic E-state index is -4.84. The molecule has 0 spiro atoms. The lowest BCUT2D eigenvalue weighted by Crippen LogP contribution is -2.43. The van der Waals surface area contributed by atoms with Gasteiger partial charge in [0.2, 0.25) is 0 Å². The van der Waals surface area contributed by atoms with Gasteiger partial charge in [-0.1, -0.05) is 0 Å². The van der Waals surface area contributed by atoms with Crippen LogP contribution in [0.3, 0.4) is 0 Å². The summed E-state index contributed by atoms with van der Waals surface area (Å²) >= 11 is 0. The van der Waals surface area contributed by atoms with Gasteiger partial charge in [0.15, 0.2) is 0 Å². The minimum absolute atomic E-state index is 0.00277. The highest BCUT2D eigenvalue weighted by atomic mass is 19.4. The number of hydrogen-bond donors (Lipinski definition) is 2. The van der Waals surface area contributed by atoms with Gasteiger partial charge < -0.3 is 15.4 Å². The van der Waals surface area contributed by atoms with E-state index in [-0.39, 0.29) is 18.5 Å². The summed E-state index contributed by atoms with van der Waals surface area (Å²) in [5.41, 5.74) is -0.566. The Bertz CT molecular complexity index is 397. The maximum absolute atomic E-state index is 12.1. The van der Waals surface area contributed by atoms with E-state index in [2.05, 4.69) is 5.32 Å². The maximum atomic E-state index is 12.1. The molecule has 8 heteroatoms. The summed E-state index contributed by atoms with van der Waals surface area (Å²) in [5, 5.41) is 4.66. The SMILES string of the molecule is CC(C)(C)OC(=O)N[C@H]1CC[C@@H](CNC(=O)C(F)(F)F)CC1. The molecule has 1 aliphatic carbocycles. The number of carbonyl (C=O) groups excluding carboxylic acids is 2. The molecule has 0 aromatic rings. The van der Waals surface area contributed by atoms with E-state index in [1.54, 1.807) is 20.8 Å². The van der Waals surface area contributed by atoms with Crippen LogP contribution in [0.2, 0.25) is 0 Å². The molecule has 0 heterocycles. The Morgan fingerprint density at radius 2 is 1.64 bits per heavy atom. The number of hydrogen-bond acceptors (Lipinski definition) is 3. The highest BCUT2D eigenvalue weighted by Crippen LogP contribution is 2.24. The predicted molar refractivity (Wildman–Crippen MR) is 74.2 cm³/mol. The smallest absolute Gasteiger partial charge is 0.444 e. The molecule has 0 aliphatic heterocycles. The van der Waals surface area contributed by atoms with E-state index in [1.165, 1.54) is 0 Å². The van der Waals surface area contributed by atoms with Gasteiger partial charge in [-0.2, -0.15) is 13.2 Å². The van der Waals surface area contributed by atoms with Crippen LogP contribution < -0.4 is 10.6 Å². The van der Waals surface area contributed by atoms with Gasteiger partial charge in [-0.25, -0.2) is 4.79 Å². The standard InChI is InChI=1S/C14H23F3N2O3/c1-13(2,3)22-12(21)19-10-6-4-9(5-7-10)8-18-11(20)14(15,16)17/h9-10H,4-8H2,1-3H3,(H,18,20)(H,19,21)/t9-,10+. The number of alkyl halides is 3. The number of carbonyl (C=O) groups is 2. The largest absolute Gasteiger partial charge is 0.471 e. The summed E-state index contributed by atoms with van der Waals surface area (Å²) in [7, 11) is 0. The number of halogens is 3. The van der Waals surface area contributed by atoms with E-state index in [1.807, 2.05) is 5.32 Å². The van der Waals surface area contributed by atoms with Gasteiger partial charge in [0.25, 0.3) is 0 Å². The fourth-order valence-corrected chi connectivity index (χ4v) is 2.32. The number of alkyl carbamates (subject to hydrolysis) is 1. The van der Waals surface area contributed by atoms with Crippen molar-refractivity contribution in [3.8, 4) is 0 Å². The average Bonchev–Trinajstić information content (AvgIpc) is 2.34. The van der Waals surface area contributed by atoms with Crippen LogP contribution in [-0.2, 0) is 9.53 Å². The van der Waals surface area contributed by atoms with Crippen molar-refractivity contribution in [1.82, 2.24) is 10.6 Å². The van der Waals surface area contributed by atoms with Gasteiger partial charge >= 0.3 is 18.2 Å². The molecule has 1 rings (SSSR count).